The number of nitrogens with one attached hydrogen (secondary N) is 1. The first kappa shape index (κ1) is 15.7. The highest BCUT2D eigenvalue weighted by atomic mass is 79.9. The molecule has 0 saturated carbocycles. The van der Waals surface area contributed by atoms with Crippen LogP contribution in [0.2, 0.25) is 0 Å². The zero-order valence-electron chi connectivity index (χ0n) is 11.1. The molecule has 0 radical (unpaired) electrons. The van der Waals surface area contributed by atoms with Crippen molar-refractivity contribution >= 4 is 27.8 Å². The van der Waals surface area contributed by atoms with Crippen LogP contribution in [0.4, 0.5) is 0 Å². The van der Waals surface area contributed by atoms with Crippen LogP contribution >= 0.6 is 15.9 Å². The second-order valence-electron chi connectivity index (χ2n) is 4.52. The summed E-state index contributed by atoms with van der Waals surface area (Å²) in [5.74, 6) is -1.05. The molecule has 0 spiro atoms. The Bertz CT molecular complexity index is 474. The van der Waals surface area contributed by atoms with Gasteiger partial charge in [-0.3, -0.25) is 9.59 Å². The summed E-state index contributed by atoms with van der Waals surface area (Å²) in [6.45, 7) is 4.21. The van der Waals surface area contributed by atoms with E-state index < -0.39 is 5.97 Å². The minimum absolute atomic E-state index is 0.0370. The Labute approximate surface area is 121 Å². The molecule has 0 aliphatic carbocycles. The number of hydrogen-bond acceptors (Lipinski definition) is 2. The third kappa shape index (κ3) is 4.67. The number of carboxylic acids is 1. The Kier molecular flexibility index (Phi) is 6.02. The maximum atomic E-state index is 12.0. The van der Waals surface area contributed by atoms with Gasteiger partial charge in [0.2, 0.25) is 0 Å². The van der Waals surface area contributed by atoms with Crippen LogP contribution in [-0.4, -0.2) is 23.5 Å². The molecule has 5 heteroatoms. The fraction of sp³-hybridized carbons (Fsp3) is 0.429. The molecule has 104 valence electrons. The van der Waals surface area contributed by atoms with Crippen LogP contribution < -0.4 is 5.32 Å². The Morgan fingerprint density at radius 1 is 1.42 bits per heavy atom. The van der Waals surface area contributed by atoms with E-state index in [1.54, 1.807) is 6.07 Å². The number of aliphatic carboxylic acids is 1. The van der Waals surface area contributed by atoms with E-state index in [4.69, 9.17) is 5.11 Å². The normalized spacial score (nSPS) is 11.9. The van der Waals surface area contributed by atoms with E-state index in [9.17, 15) is 9.59 Å². The predicted octanol–water partition coefficient (Wildman–Crippen LogP) is 2.99. The summed E-state index contributed by atoms with van der Waals surface area (Å²) in [4.78, 5) is 22.7. The van der Waals surface area contributed by atoms with E-state index in [1.165, 1.54) is 0 Å². The number of halogens is 1. The molecule has 0 aliphatic rings. The van der Waals surface area contributed by atoms with Crippen molar-refractivity contribution in [1.82, 2.24) is 5.32 Å². The van der Waals surface area contributed by atoms with Crippen molar-refractivity contribution in [1.29, 1.82) is 0 Å². The molecule has 0 heterocycles. The van der Waals surface area contributed by atoms with Gasteiger partial charge in [-0.15, -0.1) is 0 Å². The molecular formula is C14H18BrNO3. The van der Waals surface area contributed by atoms with Gasteiger partial charge in [0.15, 0.2) is 0 Å². The molecular weight excluding hydrogens is 310 g/mol. The van der Waals surface area contributed by atoms with Gasteiger partial charge in [0.05, 0.1) is 5.56 Å². The third-order valence-corrected chi connectivity index (χ3v) is 4.08. The Morgan fingerprint density at radius 2 is 2.11 bits per heavy atom. The van der Waals surface area contributed by atoms with Crippen LogP contribution in [-0.2, 0) is 4.79 Å². The third-order valence-electron chi connectivity index (χ3n) is 3.03. The topological polar surface area (TPSA) is 66.4 Å². The molecule has 1 rings (SSSR count). The first-order chi connectivity index (χ1) is 8.95. The molecule has 0 saturated heterocycles. The molecule has 0 fully saturated rings. The lowest BCUT2D eigenvalue weighted by Gasteiger charge is -2.14. The van der Waals surface area contributed by atoms with Crippen molar-refractivity contribution in [3.05, 3.63) is 33.8 Å². The molecule has 1 unspecified atom stereocenters. The largest absolute Gasteiger partial charge is 0.481 e. The van der Waals surface area contributed by atoms with Crippen molar-refractivity contribution < 1.29 is 14.7 Å². The summed E-state index contributed by atoms with van der Waals surface area (Å²) >= 11 is 3.39. The number of rotatable bonds is 6. The van der Waals surface area contributed by atoms with E-state index in [-0.39, 0.29) is 18.2 Å². The highest BCUT2D eigenvalue weighted by Crippen LogP contribution is 2.21. The lowest BCUT2D eigenvalue weighted by Crippen LogP contribution is -2.30. The standard InChI is InChI=1S/C14H18BrNO3/c1-3-10(7-12(17)18)8-16-14(19)11-6-4-5-9(2)13(11)15/h4-6,10H,3,7-8H2,1-2H3,(H,16,19)(H,17,18). The van der Waals surface area contributed by atoms with Crippen molar-refractivity contribution in [2.75, 3.05) is 6.54 Å². The van der Waals surface area contributed by atoms with Gasteiger partial charge in [0.25, 0.3) is 5.91 Å². The second-order valence-corrected chi connectivity index (χ2v) is 5.31. The number of amides is 1. The van der Waals surface area contributed by atoms with Crippen molar-refractivity contribution in [2.24, 2.45) is 5.92 Å². The lowest BCUT2D eigenvalue weighted by molar-refractivity contribution is -0.138. The molecule has 1 aromatic rings. The number of carboxylic acid groups (broad SMARTS) is 1. The smallest absolute Gasteiger partial charge is 0.303 e. The van der Waals surface area contributed by atoms with Crippen LogP contribution in [0, 0.1) is 12.8 Å². The van der Waals surface area contributed by atoms with Gasteiger partial charge in [-0.05, 0) is 40.4 Å². The number of hydrogen-bond donors (Lipinski definition) is 2. The summed E-state index contributed by atoms with van der Waals surface area (Å²) in [5.41, 5.74) is 1.57. The quantitative estimate of drug-likeness (QED) is 0.844. The monoisotopic (exact) mass is 327 g/mol. The average Bonchev–Trinajstić information content (AvgIpc) is 2.37. The van der Waals surface area contributed by atoms with Crippen molar-refractivity contribution in [3.8, 4) is 0 Å². The summed E-state index contributed by atoms with van der Waals surface area (Å²) < 4.78 is 0.777. The van der Waals surface area contributed by atoms with E-state index in [0.717, 1.165) is 16.5 Å². The van der Waals surface area contributed by atoms with Crippen LogP contribution in [0.1, 0.15) is 35.7 Å². The lowest BCUT2D eigenvalue weighted by atomic mass is 10.0. The molecule has 1 amide bonds. The van der Waals surface area contributed by atoms with Crippen LogP contribution in [0.3, 0.4) is 0 Å². The first-order valence-corrected chi connectivity index (χ1v) is 7.00. The molecule has 1 aromatic carbocycles. The first-order valence-electron chi connectivity index (χ1n) is 6.20. The summed E-state index contributed by atoms with van der Waals surface area (Å²) in [5, 5.41) is 11.5. The van der Waals surface area contributed by atoms with Gasteiger partial charge < -0.3 is 10.4 Å². The Balaban J connectivity index is 2.64. The van der Waals surface area contributed by atoms with Crippen molar-refractivity contribution in [3.63, 3.8) is 0 Å². The van der Waals surface area contributed by atoms with Crippen LogP contribution in [0.15, 0.2) is 22.7 Å². The van der Waals surface area contributed by atoms with Crippen LogP contribution in [0.25, 0.3) is 0 Å². The van der Waals surface area contributed by atoms with E-state index >= 15 is 0 Å². The van der Waals surface area contributed by atoms with Gasteiger partial charge in [-0.1, -0.05) is 25.5 Å². The highest BCUT2D eigenvalue weighted by molar-refractivity contribution is 9.10. The molecule has 0 bridgehead atoms. The van der Waals surface area contributed by atoms with E-state index in [1.807, 2.05) is 26.0 Å². The van der Waals surface area contributed by atoms with Gasteiger partial charge in [0, 0.05) is 17.4 Å². The zero-order valence-corrected chi connectivity index (χ0v) is 12.7. The molecule has 19 heavy (non-hydrogen) atoms. The Hall–Kier alpha value is -1.36. The molecule has 4 nitrogen and oxygen atoms in total. The zero-order chi connectivity index (χ0) is 14.4. The fourth-order valence-electron chi connectivity index (χ4n) is 1.76. The SMILES string of the molecule is CCC(CNC(=O)c1cccc(C)c1Br)CC(=O)O. The van der Waals surface area contributed by atoms with E-state index in [2.05, 4.69) is 21.2 Å². The van der Waals surface area contributed by atoms with E-state index in [0.29, 0.717) is 12.1 Å². The molecule has 0 aliphatic heterocycles. The average molecular weight is 328 g/mol. The number of carbonyl (C=O) groups excluding carboxylic acids is 1. The summed E-state index contributed by atoms with van der Waals surface area (Å²) in [6, 6.07) is 5.48. The van der Waals surface area contributed by atoms with Crippen molar-refractivity contribution in [2.45, 2.75) is 26.7 Å². The summed E-state index contributed by atoms with van der Waals surface area (Å²) in [7, 11) is 0. The predicted molar refractivity (Wildman–Crippen MR) is 77.2 cm³/mol. The summed E-state index contributed by atoms with van der Waals surface area (Å²) in [6.07, 6.45) is 0.799. The molecule has 0 aromatic heterocycles. The maximum Gasteiger partial charge on any atom is 0.303 e. The minimum Gasteiger partial charge on any atom is -0.481 e. The van der Waals surface area contributed by atoms with Gasteiger partial charge >= 0.3 is 5.97 Å². The van der Waals surface area contributed by atoms with Gasteiger partial charge in [-0.2, -0.15) is 0 Å². The highest BCUT2D eigenvalue weighted by Gasteiger charge is 2.15. The maximum absolute atomic E-state index is 12.0. The van der Waals surface area contributed by atoms with Crippen LogP contribution in [0.5, 0.6) is 0 Å². The minimum atomic E-state index is -0.835. The van der Waals surface area contributed by atoms with Gasteiger partial charge in [-0.25, -0.2) is 0 Å². The number of benzene rings is 1. The number of aryl methyl sites for hydroxylation is 1. The Morgan fingerprint density at radius 3 is 2.68 bits per heavy atom. The molecule has 2 N–H and O–H groups in total. The second kappa shape index (κ2) is 7.28. The van der Waals surface area contributed by atoms with Gasteiger partial charge in [0.1, 0.15) is 0 Å². The number of carbonyl (C=O) groups is 2. The molecule has 1 atom stereocenters. The fourth-order valence-corrected chi connectivity index (χ4v) is 2.21.